The maximum Gasteiger partial charge on any atom is 0.251 e. The van der Waals surface area contributed by atoms with Gasteiger partial charge in [-0.05, 0) is 41.2 Å². The van der Waals surface area contributed by atoms with E-state index in [2.05, 4.69) is 57.5 Å². The summed E-state index contributed by atoms with van der Waals surface area (Å²) in [6.45, 7) is 10.3. The van der Waals surface area contributed by atoms with Crippen LogP contribution in [0.2, 0.25) is 0 Å². The molecule has 33 heavy (non-hydrogen) atoms. The molecule has 3 aromatic rings. The number of benzene rings is 2. The lowest BCUT2D eigenvalue weighted by molar-refractivity contribution is -0.119. The van der Waals surface area contributed by atoms with E-state index in [1.807, 2.05) is 50.2 Å². The molecule has 1 heterocycles. The van der Waals surface area contributed by atoms with Gasteiger partial charge in [0.15, 0.2) is 0 Å². The molecule has 174 valence electrons. The highest BCUT2D eigenvalue weighted by atomic mass is 79.9. The van der Waals surface area contributed by atoms with E-state index in [-0.39, 0.29) is 23.1 Å². The first-order chi connectivity index (χ1) is 15.6. The minimum Gasteiger partial charge on any atom is -0.340 e. The van der Waals surface area contributed by atoms with Gasteiger partial charge in [0.1, 0.15) is 11.0 Å². The molecule has 2 atom stereocenters. The van der Waals surface area contributed by atoms with E-state index < -0.39 is 6.04 Å². The monoisotopic (exact) mass is 528 g/mol. The standard InChI is InChI=1S/C25H29BrN4O2S/c1-6-15(2)20(27-21(31)16-10-12-18(13-11-16)25(3,4)5)22(32)28-24-30-29-23(33-24)17-8-7-9-19(26)14-17/h7-15,20H,6H2,1-5H3,(H,27,31)(H,28,30,32)/t15-,20-/m1/s1. The second-order valence-electron chi connectivity index (χ2n) is 9.08. The largest absolute Gasteiger partial charge is 0.340 e. The van der Waals surface area contributed by atoms with Gasteiger partial charge in [-0.1, -0.05) is 92.6 Å². The summed E-state index contributed by atoms with van der Waals surface area (Å²) in [5.74, 6) is -0.635. The summed E-state index contributed by atoms with van der Waals surface area (Å²) in [5.41, 5.74) is 2.59. The summed E-state index contributed by atoms with van der Waals surface area (Å²) >= 11 is 4.74. The Morgan fingerprint density at radius 3 is 2.39 bits per heavy atom. The van der Waals surface area contributed by atoms with Crippen LogP contribution in [0.3, 0.4) is 0 Å². The van der Waals surface area contributed by atoms with Gasteiger partial charge in [0.05, 0.1) is 0 Å². The van der Waals surface area contributed by atoms with E-state index in [1.54, 1.807) is 12.1 Å². The third kappa shape index (κ3) is 6.48. The van der Waals surface area contributed by atoms with Crippen LogP contribution in [0.4, 0.5) is 5.13 Å². The smallest absolute Gasteiger partial charge is 0.251 e. The molecule has 6 nitrogen and oxygen atoms in total. The molecule has 0 bridgehead atoms. The van der Waals surface area contributed by atoms with Crippen molar-refractivity contribution in [3.8, 4) is 10.6 Å². The molecule has 2 amide bonds. The zero-order valence-corrected chi connectivity index (χ0v) is 21.9. The predicted octanol–water partition coefficient (Wildman–Crippen LogP) is 6.05. The molecule has 2 aromatic carbocycles. The molecule has 3 rings (SSSR count). The van der Waals surface area contributed by atoms with Crippen LogP contribution in [-0.4, -0.2) is 28.1 Å². The average molecular weight is 530 g/mol. The van der Waals surface area contributed by atoms with Gasteiger partial charge in [-0.15, -0.1) is 10.2 Å². The number of nitrogens with zero attached hydrogens (tertiary/aromatic N) is 2. The SMILES string of the molecule is CC[C@@H](C)[C@@H](NC(=O)c1ccc(C(C)(C)C)cc1)C(=O)Nc1nnc(-c2cccc(Br)c2)s1. The van der Waals surface area contributed by atoms with Crippen molar-refractivity contribution in [3.05, 3.63) is 64.1 Å². The van der Waals surface area contributed by atoms with E-state index in [9.17, 15) is 9.59 Å². The summed E-state index contributed by atoms with van der Waals surface area (Å²) in [4.78, 5) is 26.0. The zero-order valence-electron chi connectivity index (χ0n) is 19.5. The second kappa shape index (κ2) is 10.6. The van der Waals surface area contributed by atoms with E-state index in [0.717, 1.165) is 22.0 Å². The fraction of sp³-hybridized carbons (Fsp3) is 0.360. The minimum atomic E-state index is -0.692. The van der Waals surface area contributed by atoms with Crippen molar-refractivity contribution in [3.63, 3.8) is 0 Å². The molecule has 0 aliphatic rings. The number of halogens is 1. The molecule has 0 spiro atoms. The van der Waals surface area contributed by atoms with Crippen molar-refractivity contribution in [1.29, 1.82) is 0 Å². The van der Waals surface area contributed by atoms with E-state index >= 15 is 0 Å². The van der Waals surface area contributed by atoms with Crippen molar-refractivity contribution in [1.82, 2.24) is 15.5 Å². The van der Waals surface area contributed by atoms with E-state index in [0.29, 0.717) is 15.7 Å². The number of anilines is 1. The van der Waals surface area contributed by atoms with Crippen LogP contribution in [0.25, 0.3) is 10.6 Å². The Balaban J connectivity index is 1.72. The summed E-state index contributed by atoms with van der Waals surface area (Å²) in [5, 5.41) is 15.1. The van der Waals surface area contributed by atoms with Crippen LogP contribution in [0.1, 0.15) is 57.0 Å². The zero-order chi connectivity index (χ0) is 24.2. The number of amides is 2. The van der Waals surface area contributed by atoms with Gasteiger partial charge in [0.2, 0.25) is 11.0 Å². The molecule has 0 saturated carbocycles. The molecule has 0 aliphatic heterocycles. The highest BCUT2D eigenvalue weighted by Gasteiger charge is 2.27. The Labute approximate surface area is 207 Å². The quantitative estimate of drug-likeness (QED) is 0.391. The normalized spacial score (nSPS) is 13.3. The van der Waals surface area contributed by atoms with Crippen LogP contribution < -0.4 is 10.6 Å². The lowest BCUT2D eigenvalue weighted by Gasteiger charge is -2.23. The molecular formula is C25H29BrN4O2S. The van der Waals surface area contributed by atoms with Crippen LogP contribution in [0, 0.1) is 5.92 Å². The van der Waals surface area contributed by atoms with Crippen molar-refractivity contribution in [2.24, 2.45) is 5.92 Å². The highest BCUT2D eigenvalue weighted by molar-refractivity contribution is 9.10. The third-order valence-corrected chi connectivity index (χ3v) is 6.90. The Morgan fingerprint density at radius 2 is 1.79 bits per heavy atom. The maximum atomic E-state index is 13.1. The number of nitrogens with one attached hydrogen (secondary N) is 2. The average Bonchev–Trinajstić information content (AvgIpc) is 3.24. The van der Waals surface area contributed by atoms with Crippen LogP contribution in [0.5, 0.6) is 0 Å². The van der Waals surface area contributed by atoms with Crippen LogP contribution in [0.15, 0.2) is 53.0 Å². The Morgan fingerprint density at radius 1 is 1.09 bits per heavy atom. The van der Waals surface area contributed by atoms with Gasteiger partial charge in [-0.2, -0.15) is 0 Å². The van der Waals surface area contributed by atoms with Gasteiger partial charge in [-0.25, -0.2) is 0 Å². The number of hydrogen-bond donors (Lipinski definition) is 2. The minimum absolute atomic E-state index is 0.00454. The van der Waals surface area contributed by atoms with Crippen LogP contribution in [-0.2, 0) is 10.2 Å². The predicted molar refractivity (Wildman–Crippen MR) is 138 cm³/mol. The Kier molecular flexibility index (Phi) is 8.02. The number of aromatic nitrogens is 2. The van der Waals surface area contributed by atoms with Crippen molar-refractivity contribution in [2.45, 2.75) is 52.5 Å². The molecule has 0 saturated heterocycles. The highest BCUT2D eigenvalue weighted by Crippen LogP contribution is 2.28. The van der Waals surface area contributed by atoms with Gasteiger partial charge in [-0.3, -0.25) is 14.9 Å². The summed E-state index contributed by atoms with van der Waals surface area (Å²) in [7, 11) is 0. The van der Waals surface area contributed by atoms with E-state index in [1.165, 1.54) is 11.3 Å². The molecule has 8 heteroatoms. The summed E-state index contributed by atoms with van der Waals surface area (Å²) in [6.07, 6.45) is 0.737. The molecule has 0 radical (unpaired) electrons. The lowest BCUT2D eigenvalue weighted by atomic mass is 9.86. The second-order valence-corrected chi connectivity index (χ2v) is 11.0. The maximum absolute atomic E-state index is 13.1. The fourth-order valence-electron chi connectivity index (χ4n) is 3.24. The summed E-state index contributed by atoms with van der Waals surface area (Å²) < 4.78 is 0.941. The Bertz CT molecular complexity index is 1120. The topological polar surface area (TPSA) is 84.0 Å². The first-order valence-corrected chi connectivity index (χ1v) is 12.5. The first kappa shape index (κ1) is 25.1. The van der Waals surface area contributed by atoms with Crippen LogP contribution >= 0.6 is 27.3 Å². The van der Waals surface area contributed by atoms with Crippen molar-refractivity contribution >= 4 is 44.2 Å². The Hall–Kier alpha value is -2.58. The lowest BCUT2D eigenvalue weighted by Crippen LogP contribution is -2.47. The molecule has 2 N–H and O–H groups in total. The van der Waals surface area contributed by atoms with Gasteiger partial charge in [0, 0.05) is 15.6 Å². The van der Waals surface area contributed by atoms with Crippen molar-refractivity contribution in [2.75, 3.05) is 5.32 Å². The van der Waals surface area contributed by atoms with Gasteiger partial charge in [0.25, 0.3) is 5.91 Å². The van der Waals surface area contributed by atoms with Gasteiger partial charge < -0.3 is 5.32 Å². The molecule has 0 aliphatic carbocycles. The number of carbonyl (C=O) groups excluding carboxylic acids is 2. The number of carbonyl (C=O) groups is 2. The molecule has 0 fully saturated rings. The number of rotatable bonds is 7. The molecule has 0 unspecified atom stereocenters. The molecular weight excluding hydrogens is 500 g/mol. The third-order valence-electron chi connectivity index (χ3n) is 5.52. The van der Waals surface area contributed by atoms with Crippen molar-refractivity contribution < 1.29 is 9.59 Å². The molecule has 1 aromatic heterocycles. The van der Waals surface area contributed by atoms with Gasteiger partial charge >= 0.3 is 0 Å². The fourth-order valence-corrected chi connectivity index (χ4v) is 4.39. The number of hydrogen-bond acceptors (Lipinski definition) is 5. The van der Waals surface area contributed by atoms with E-state index in [4.69, 9.17) is 0 Å². The first-order valence-electron chi connectivity index (χ1n) is 10.9. The summed E-state index contributed by atoms with van der Waals surface area (Å²) in [6, 6.07) is 14.6.